The highest BCUT2D eigenvalue weighted by molar-refractivity contribution is 7.21. The van der Waals surface area contributed by atoms with Crippen molar-refractivity contribution in [1.82, 2.24) is 19.9 Å². The van der Waals surface area contributed by atoms with Gasteiger partial charge in [0.25, 0.3) is 5.91 Å². The smallest absolute Gasteiger partial charge is 0.274 e. The van der Waals surface area contributed by atoms with Gasteiger partial charge in [0.1, 0.15) is 10.7 Å². The summed E-state index contributed by atoms with van der Waals surface area (Å²) in [6.07, 6.45) is 9.84. The number of hydrogen-bond acceptors (Lipinski definition) is 5. The van der Waals surface area contributed by atoms with Crippen LogP contribution in [0, 0.1) is 11.8 Å². The second kappa shape index (κ2) is 6.29. The minimum atomic E-state index is -0.0262. The van der Waals surface area contributed by atoms with Crippen molar-refractivity contribution in [1.29, 1.82) is 0 Å². The quantitative estimate of drug-likeness (QED) is 0.651. The van der Waals surface area contributed by atoms with Gasteiger partial charge in [-0.25, -0.2) is 15.0 Å². The highest BCUT2D eigenvalue weighted by atomic mass is 32.1. The van der Waals surface area contributed by atoms with Gasteiger partial charge in [-0.15, -0.1) is 11.3 Å². The Morgan fingerprint density at radius 3 is 2.54 bits per heavy atom. The van der Waals surface area contributed by atoms with Crippen LogP contribution in [-0.2, 0) is 0 Å². The van der Waals surface area contributed by atoms with Crippen molar-refractivity contribution < 1.29 is 4.79 Å². The molecule has 2 aromatic heterocycles. The number of benzene rings is 1. The minimum Gasteiger partial charge on any atom is -0.337 e. The average Bonchev–Trinajstić information content (AvgIpc) is 3.31. The Hall–Kier alpha value is -2.60. The zero-order valence-electron chi connectivity index (χ0n) is 14.2. The van der Waals surface area contributed by atoms with E-state index in [9.17, 15) is 4.79 Å². The van der Waals surface area contributed by atoms with Gasteiger partial charge in [0, 0.05) is 25.5 Å². The molecule has 0 saturated carbocycles. The predicted octanol–water partition coefficient (Wildman–Crippen LogP) is 3.79. The molecule has 2 unspecified atom stereocenters. The van der Waals surface area contributed by atoms with E-state index in [0.717, 1.165) is 41.2 Å². The van der Waals surface area contributed by atoms with Crippen LogP contribution < -0.4 is 0 Å². The number of rotatable bonds is 2. The van der Waals surface area contributed by atoms with Gasteiger partial charge in [0.15, 0.2) is 5.69 Å². The SMILES string of the molecule is O=C(c1nccnc1-c1nc2ccccc2s1)N1CC2CC=CCC2C1. The van der Waals surface area contributed by atoms with Crippen molar-refractivity contribution in [3.05, 3.63) is 54.5 Å². The van der Waals surface area contributed by atoms with Crippen LogP contribution in [0.2, 0.25) is 0 Å². The molecule has 1 aliphatic carbocycles. The van der Waals surface area contributed by atoms with Gasteiger partial charge < -0.3 is 4.90 Å². The van der Waals surface area contributed by atoms with Gasteiger partial charge in [-0.3, -0.25) is 4.79 Å². The van der Waals surface area contributed by atoms with Crippen LogP contribution in [0.15, 0.2) is 48.8 Å². The van der Waals surface area contributed by atoms with Crippen LogP contribution in [0.5, 0.6) is 0 Å². The molecule has 1 aromatic carbocycles. The third kappa shape index (κ3) is 2.61. The predicted molar refractivity (Wildman–Crippen MR) is 102 cm³/mol. The van der Waals surface area contributed by atoms with Crippen LogP contribution in [0.1, 0.15) is 23.3 Å². The molecule has 130 valence electrons. The van der Waals surface area contributed by atoms with Crippen molar-refractivity contribution in [2.45, 2.75) is 12.8 Å². The lowest BCUT2D eigenvalue weighted by atomic mass is 9.86. The molecular formula is C20H18N4OS. The van der Waals surface area contributed by atoms with E-state index in [2.05, 4.69) is 27.1 Å². The molecule has 1 saturated heterocycles. The van der Waals surface area contributed by atoms with Gasteiger partial charge in [-0.1, -0.05) is 24.3 Å². The summed E-state index contributed by atoms with van der Waals surface area (Å²) in [6, 6.07) is 7.97. The highest BCUT2D eigenvalue weighted by Gasteiger charge is 2.36. The van der Waals surface area contributed by atoms with E-state index in [4.69, 9.17) is 0 Å². The number of likely N-dealkylation sites (tertiary alicyclic amines) is 1. The summed E-state index contributed by atoms with van der Waals surface area (Å²) < 4.78 is 1.09. The molecule has 0 radical (unpaired) electrons. The van der Waals surface area contributed by atoms with Crippen LogP contribution >= 0.6 is 11.3 Å². The van der Waals surface area contributed by atoms with Gasteiger partial charge in [-0.05, 0) is 36.8 Å². The van der Waals surface area contributed by atoms with Crippen molar-refractivity contribution in [3.8, 4) is 10.7 Å². The van der Waals surface area contributed by atoms with E-state index in [1.807, 2.05) is 29.2 Å². The Balaban J connectivity index is 1.49. The Morgan fingerprint density at radius 1 is 1.04 bits per heavy atom. The Bertz CT molecular complexity index is 963. The molecular weight excluding hydrogens is 344 g/mol. The molecule has 0 bridgehead atoms. The largest absolute Gasteiger partial charge is 0.337 e. The summed E-state index contributed by atoms with van der Waals surface area (Å²) in [5, 5.41) is 0.751. The first kappa shape index (κ1) is 15.6. The van der Waals surface area contributed by atoms with Gasteiger partial charge in [-0.2, -0.15) is 0 Å². The molecule has 1 fully saturated rings. The molecule has 1 amide bonds. The van der Waals surface area contributed by atoms with Crippen LogP contribution in [0.3, 0.4) is 0 Å². The van der Waals surface area contributed by atoms with E-state index < -0.39 is 0 Å². The summed E-state index contributed by atoms with van der Waals surface area (Å²) in [5.74, 6) is 1.12. The third-order valence-electron chi connectivity index (χ3n) is 5.31. The number of carbonyl (C=O) groups is 1. The third-order valence-corrected chi connectivity index (χ3v) is 6.35. The maximum Gasteiger partial charge on any atom is 0.274 e. The van der Waals surface area contributed by atoms with E-state index >= 15 is 0 Å². The van der Waals surface area contributed by atoms with E-state index in [0.29, 0.717) is 23.2 Å². The zero-order chi connectivity index (χ0) is 17.5. The molecule has 1 aliphatic heterocycles. The number of fused-ring (bicyclic) bond motifs is 2. The number of allylic oxidation sites excluding steroid dienone is 2. The standard InChI is InChI=1S/C20H18N4OS/c25-20(24-11-13-5-1-2-6-14(13)12-24)18-17(21-9-10-22-18)19-23-15-7-3-4-8-16(15)26-19/h1-4,7-10,13-14H,5-6,11-12H2. The molecule has 3 heterocycles. The van der Waals surface area contributed by atoms with Crippen molar-refractivity contribution in [3.63, 3.8) is 0 Å². The fourth-order valence-corrected chi connectivity index (χ4v) is 4.92. The molecule has 3 aromatic rings. The van der Waals surface area contributed by atoms with Crippen LogP contribution in [-0.4, -0.2) is 38.8 Å². The summed E-state index contributed by atoms with van der Waals surface area (Å²) in [7, 11) is 0. The average molecular weight is 362 g/mol. The first-order valence-corrected chi connectivity index (χ1v) is 9.72. The lowest BCUT2D eigenvalue weighted by molar-refractivity contribution is 0.0779. The summed E-state index contributed by atoms with van der Waals surface area (Å²) >= 11 is 1.55. The van der Waals surface area contributed by atoms with Crippen molar-refractivity contribution in [2.75, 3.05) is 13.1 Å². The maximum absolute atomic E-state index is 13.2. The molecule has 5 nitrogen and oxygen atoms in total. The molecule has 5 rings (SSSR count). The number of para-hydroxylation sites is 1. The van der Waals surface area contributed by atoms with Crippen molar-refractivity contribution >= 4 is 27.5 Å². The Kier molecular flexibility index (Phi) is 3.78. The second-order valence-corrected chi connectivity index (χ2v) is 7.94. The topological polar surface area (TPSA) is 59.0 Å². The Morgan fingerprint density at radius 2 is 1.77 bits per heavy atom. The lowest BCUT2D eigenvalue weighted by Crippen LogP contribution is -2.30. The summed E-state index contributed by atoms with van der Waals surface area (Å²) in [4.78, 5) is 28.6. The number of thiazole rings is 1. The number of hydrogen-bond donors (Lipinski definition) is 0. The van der Waals surface area contributed by atoms with Gasteiger partial charge in [0.2, 0.25) is 0 Å². The van der Waals surface area contributed by atoms with Gasteiger partial charge in [0.05, 0.1) is 10.2 Å². The first-order valence-electron chi connectivity index (χ1n) is 8.91. The van der Waals surface area contributed by atoms with Crippen LogP contribution in [0.25, 0.3) is 20.9 Å². The van der Waals surface area contributed by atoms with Crippen molar-refractivity contribution in [2.24, 2.45) is 11.8 Å². The molecule has 0 spiro atoms. The van der Waals surface area contributed by atoms with Gasteiger partial charge >= 0.3 is 0 Å². The van der Waals surface area contributed by atoms with E-state index in [-0.39, 0.29) is 5.91 Å². The second-order valence-electron chi connectivity index (χ2n) is 6.91. The zero-order valence-corrected chi connectivity index (χ0v) is 15.0. The van der Waals surface area contributed by atoms with E-state index in [1.54, 1.807) is 23.7 Å². The number of nitrogens with zero attached hydrogens (tertiary/aromatic N) is 4. The molecule has 0 N–H and O–H groups in total. The Labute approximate surface area is 155 Å². The number of carbonyl (C=O) groups excluding carboxylic acids is 1. The monoisotopic (exact) mass is 362 g/mol. The number of aromatic nitrogens is 3. The van der Waals surface area contributed by atoms with E-state index in [1.165, 1.54) is 0 Å². The first-order chi connectivity index (χ1) is 12.8. The molecule has 2 atom stereocenters. The lowest BCUT2D eigenvalue weighted by Gasteiger charge is -2.17. The molecule has 26 heavy (non-hydrogen) atoms. The van der Waals surface area contributed by atoms with Crippen LogP contribution in [0.4, 0.5) is 0 Å². The minimum absolute atomic E-state index is 0.0262. The fourth-order valence-electron chi connectivity index (χ4n) is 3.95. The fraction of sp³-hybridized carbons (Fsp3) is 0.300. The molecule has 6 heteroatoms. The number of amides is 1. The normalized spacial score (nSPS) is 21.9. The highest BCUT2D eigenvalue weighted by Crippen LogP contribution is 2.35. The summed E-state index contributed by atoms with van der Waals surface area (Å²) in [5.41, 5.74) is 1.93. The summed E-state index contributed by atoms with van der Waals surface area (Å²) in [6.45, 7) is 1.62. The maximum atomic E-state index is 13.2. The molecule has 2 aliphatic rings.